The van der Waals surface area contributed by atoms with E-state index in [2.05, 4.69) is 20.4 Å². The van der Waals surface area contributed by atoms with Gasteiger partial charge >= 0.3 is 0 Å². The average Bonchev–Trinajstić information content (AvgIpc) is 3.24. The average molecular weight is 249 g/mol. The van der Waals surface area contributed by atoms with E-state index in [1.807, 2.05) is 6.07 Å². The Morgan fingerprint density at radius 2 is 2.28 bits per heavy atom. The summed E-state index contributed by atoms with van der Waals surface area (Å²) in [5.41, 5.74) is 5.89. The SMILES string of the molecule is CNC(=O)c1ccc(N(CCCN)C2CC2)nn1. The molecule has 1 heterocycles. The summed E-state index contributed by atoms with van der Waals surface area (Å²) < 4.78 is 0. The Balaban J connectivity index is 2.08. The van der Waals surface area contributed by atoms with Gasteiger partial charge in [-0.1, -0.05) is 0 Å². The molecule has 0 unspecified atom stereocenters. The zero-order chi connectivity index (χ0) is 13.0. The summed E-state index contributed by atoms with van der Waals surface area (Å²) in [6.07, 6.45) is 3.34. The van der Waals surface area contributed by atoms with Gasteiger partial charge in [0.15, 0.2) is 11.5 Å². The highest BCUT2D eigenvalue weighted by atomic mass is 16.1. The van der Waals surface area contributed by atoms with E-state index in [1.54, 1.807) is 13.1 Å². The zero-order valence-electron chi connectivity index (χ0n) is 10.6. The number of anilines is 1. The van der Waals surface area contributed by atoms with Crippen molar-refractivity contribution in [3.63, 3.8) is 0 Å². The molecule has 0 saturated heterocycles. The maximum absolute atomic E-state index is 11.4. The number of nitrogens with zero attached hydrogens (tertiary/aromatic N) is 3. The predicted molar refractivity (Wildman–Crippen MR) is 69.5 cm³/mol. The molecule has 1 saturated carbocycles. The van der Waals surface area contributed by atoms with Crippen molar-refractivity contribution in [2.45, 2.75) is 25.3 Å². The number of hydrogen-bond donors (Lipinski definition) is 2. The van der Waals surface area contributed by atoms with Crippen LogP contribution in [0.4, 0.5) is 5.82 Å². The summed E-state index contributed by atoms with van der Waals surface area (Å²) in [7, 11) is 1.58. The first-order chi connectivity index (χ1) is 8.76. The monoisotopic (exact) mass is 249 g/mol. The minimum absolute atomic E-state index is 0.214. The Morgan fingerprint density at radius 1 is 1.50 bits per heavy atom. The molecule has 0 radical (unpaired) electrons. The molecule has 1 fully saturated rings. The third kappa shape index (κ3) is 2.95. The molecule has 0 spiro atoms. The van der Waals surface area contributed by atoms with Gasteiger partial charge in [0.25, 0.3) is 5.91 Å². The van der Waals surface area contributed by atoms with Crippen LogP contribution in [0.3, 0.4) is 0 Å². The number of hydrogen-bond acceptors (Lipinski definition) is 5. The molecule has 0 bridgehead atoms. The second-order valence-corrected chi connectivity index (χ2v) is 4.42. The summed E-state index contributed by atoms with van der Waals surface area (Å²) >= 11 is 0. The fraction of sp³-hybridized carbons (Fsp3) is 0.583. The lowest BCUT2D eigenvalue weighted by molar-refractivity contribution is 0.0957. The van der Waals surface area contributed by atoms with E-state index in [0.29, 0.717) is 18.3 Å². The number of carbonyl (C=O) groups is 1. The number of carbonyl (C=O) groups excluding carboxylic acids is 1. The predicted octanol–water partition coefficient (Wildman–Crippen LogP) is 0.154. The molecule has 1 aromatic rings. The molecule has 2 rings (SSSR count). The molecule has 3 N–H and O–H groups in total. The molecule has 6 nitrogen and oxygen atoms in total. The first-order valence-electron chi connectivity index (χ1n) is 6.28. The van der Waals surface area contributed by atoms with E-state index in [-0.39, 0.29) is 5.91 Å². The van der Waals surface area contributed by atoms with E-state index in [4.69, 9.17) is 5.73 Å². The molecule has 18 heavy (non-hydrogen) atoms. The lowest BCUT2D eigenvalue weighted by Gasteiger charge is -2.22. The number of aromatic nitrogens is 2. The summed E-state index contributed by atoms with van der Waals surface area (Å²) in [5, 5.41) is 10.6. The quantitative estimate of drug-likeness (QED) is 0.750. The highest BCUT2D eigenvalue weighted by Gasteiger charge is 2.29. The molecule has 0 atom stereocenters. The number of nitrogens with one attached hydrogen (secondary N) is 1. The van der Waals surface area contributed by atoms with Gasteiger partial charge in [-0.05, 0) is 37.9 Å². The maximum Gasteiger partial charge on any atom is 0.271 e. The maximum atomic E-state index is 11.4. The van der Waals surface area contributed by atoms with Gasteiger partial charge in [-0.25, -0.2) is 0 Å². The third-order valence-corrected chi connectivity index (χ3v) is 3.00. The van der Waals surface area contributed by atoms with Gasteiger partial charge in [0, 0.05) is 19.6 Å². The first-order valence-corrected chi connectivity index (χ1v) is 6.28. The first kappa shape index (κ1) is 12.8. The number of amides is 1. The van der Waals surface area contributed by atoms with Crippen molar-refractivity contribution in [3.8, 4) is 0 Å². The van der Waals surface area contributed by atoms with Crippen LogP contribution < -0.4 is 16.0 Å². The van der Waals surface area contributed by atoms with Crippen LogP contribution in [-0.4, -0.2) is 42.3 Å². The zero-order valence-corrected chi connectivity index (χ0v) is 10.6. The fourth-order valence-electron chi connectivity index (χ4n) is 1.86. The van der Waals surface area contributed by atoms with E-state index in [0.717, 1.165) is 18.8 Å². The standard InChI is InChI=1S/C12H19N5O/c1-14-12(18)10-5-6-11(16-15-10)17(8-2-7-13)9-3-4-9/h5-6,9H,2-4,7-8,13H2,1H3,(H,14,18). The highest BCUT2D eigenvalue weighted by Crippen LogP contribution is 2.30. The van der Waals surface area contributed by atoms with Gasteiger partial charge in [0.2, 0.25) is 0 Å². The molecule has 98 valence electrons. The van der Waals surface area contributed by atoms with E-state index in [9.17, 15) is 4.79 Å². The van der Waals surface area contributed by atoms with Gasteiger partial charge < -0.3 is 16.0 Å². The molecule has 1 aliphatic rings. The third-order valence-electron chi connectivity index (χ3n) is 3.00. The molecule has 1 aromatic heterocycles. The van der Waals surface area contributed by atoms with Crippen LogP contribution in [0, 0.1) is 0 Å². The van der Waals surface area contributed by atoms with Crippen LogP contribution in [0.1, 0.15) is 29.8 Å². The van der Waals surface area contributed by atoms with Gasteiger partial charge in [0.05, 0.1) is 0 Å². The van der Waals surface area contributed by atoms with Crippen molar-refractivity contribution in [1.29, 1.82) is 0 Å². The molecule has 1 amide bonds. The van der Waals surface area contributed by atoms with E-state index in [1.165, 1.54) is 12.8 Å². The van der Waals surface area contributed by atoms with Crippen molar-refractivity contribution in [2.24, 2.45) is 5.73 Å². The van der Waals surface area contributed by atoms with Crippen LogP contribution in [0.25, 0.3) is 0 Å². The summed E-state index contributed by atoms with van der Waals surface area (Å²) in [6.45, 7) is 1.57. The normalized spacial score (nSPS) is 14.3. The largest absolute Gasteiger partial charge is 0.354 e. The number of nitrogens with two attached hydrogens (primary N) is 1. The van der Waals surface area contributed by atoms with Gasteiger partial charge in [0.1, 0.15) is 0 Å². The lowest BCUT2D eigenvalue weighted by Crippen LogP contribution is -2.29. The van der Waals surface area contributed by atoms with Crippen molar-refractivity contribution >= 4 is 11.7 Å². The smallest absolute Gasteiger partial charge is 0.271 e. The Morgan fingerprint density at radius 3 is 2.78 bits per heavy atom. The van der Waals surface area contributed by atoms with Crippen LogP contribution in [0.15, 0.2) is 12.1 Å². The molecule has 0 aliphatic heterocycles. The summed E-state index contributed by atoms with van der Waals surface area (Å²) in [5.74, 6) is 0.618. The van der Waals surface area contributed by atoms with Gasteiger partial charge in [-0.2, -0.15) is 0 Å². The van der Waals surface area contributed by atoms with Crippen molar-refractivity contribution in [1.82, 2.24) is 15.5 Å². The Kier molecular flexibility index (Phi) is 4.09. The fourth-order valence-corrected chi connectivity index (χ4v) is 1.86. The lowest BCUT2D eigenvalue weighted by atomic mass is 10.3. The van der Waals surface area contributed by atoms with Crippen LogP contribution in [-0.2, 0) is 0 Å². The van der Waals surface area contributed by atoms with Crippen molar-refractivity contribution in [3.05, 3.63) is 17.8 Å². The van der Waals surface area contributed by atoms with Crippen molar-refractivity contribution < 1.29 is 4.79 Å². The Hall–Kier alpha value is -1.69. The molecule has 6 heteroatoms. The van der Waals surface area contributed by atoms with Crippen molar-refractivity contribution in [2.75, 3.05) is 25.0 Å². The van der Waals surface area contributed by atoms with Crippen LogP contribution in [0.5, 0.6) is 0 Å². The highest BCUT2D eigenvalue weighted by molar-refractivity contribution is 5.91. The Bertz CT molecular complexity index is 401. The van der Waals surface area contributed by atoms with Gasteiger partial charge in [-0.15, -0.1) is 10.2 Å². The minimum Gasteiger partial charge on any atom is -0.354 e. The summed E-state index contributed by atoms with van der Waals surface area (Å²) in [6, 6.07) is 4.13. The topological polar surface area (TPSA) is 84.1 Å². The molecule has 0 aromatic carbocycles. The molecular formula is C12H19N5O. The summed E-state index contributed by atoms with van der Waals surface area (Å²) in [4.78, 5) is 13.6. The Labute approximate surface area is 107 Å². The van der Waals surface area contributed by atoms with E-state index >= 15 is 0 Å². The minimum atomic E-state index is -0.214. The number of rotatable bonds is 6. The second-order valence-electron chi connectivity index (χ2n) is 4.42. The molecular weight excluding hydrogens is 230 g/mol. The van der Waals surface area contributed by atoms with Gasteiger partial charge in [-0.3, -0.25) is 4.79 Å². The van der Waals surface area contributed by atoms with E-state index < -0.39 is 0 Å². The van der Waals surface area contributed by atoms with Crippen LogP contribution in [0.2, 0.25) is 0 Å². The second kappa shape index (κ2) is 5.77. The molecule has 1 aliphatic carbocycles. The van der Waals surface area contributed by atoms with Crippen LogP contribution >= 0.6 is 0 Å².